The van der Waals surface area contributed by atoms with Gasteiger partial charge in [-0.25, -0.2) is 13.1 Å². The van der Waals surface area contributed by atoms with Crippen molar-refractivity contribution in [1.29, 1.82) is 0 Å². The Labute approximate surface area is 99.5 Å². The molecular weight excluding hydrogens is 244 g/mol. The molecule has 0 saturated heterocycles. The van der Waals surface area contributed by atoms with Gasteiger partial charge < -0.3 is 10.8 Å². The van der Waals surface area contributed by atoms with Crippen LogP contribution in [0.1, 0.15) is 12.8 Å². The number of hydrogen-bond acceptors (Lipinski definition) is 4. The highest BCUT2D eigenvalue weighted by atomic mass is 32.2. The van der Waals surface area contributed by atoms with Crippen molar-refractivity contribution < 1.29 is 18.3 Å². The van der Waals surface area contributed by atoms with Crippen LogP contribution in [0.25, 0.3) is 0 Å². The molecule has 0 fully saturated rings. The van der Waals surface area contributed by atoms with Crippen molar-refractivity contribution in [2.45, 2.75) is 17.7 Å². The average molecular weight is 258 g/mol. The van der Waals surface area contributed by atoms with Crippen LogP contribution in [-0.2, 0) is 14.8 Å². The Kier molecular flexibility index (Phi) is 4.47. The molecule has 1 aromatic rings. The van der Waals surface area contributed by atoms with E-state index >= 15 is 0 Å². The number of carboxylic acid groups (broad SMARTS) is 1. The Hall–Kier alpha value is -1.60. The van der Waals surface area contributed by atoms with E-state index in [1.807, 2.05) is 0 Å². The van der Waals surface area contributed by atoms with E-state index in [0.29, 0.717) is 5.69 Å². The molecule has 0 aliphatic carbocycles. The number of carbonyl (C=O) groups is 1. The molecule has 0 heterocycles. The van der Waals surface area contributed by atoms with E-state index < -0.39 is 16.0 Å². The lowest BCUT2D eigenvalue weighted by molar-refractivity contribution is -0.137. The van der Waals surface area contributed by atoms with Crippen LogP contribution >= 0.6 is 0 Å². The number of hydrogen-bond donors (Lipinski definition) is 3. The third-order valence-corrected chi connectivity index (χ3v) is 3.49. The fourth-order valence-electron chi connectivity index (χ4n) is 1.21. The maximum atomic E-state index is 11.7. The van der Waals surface area contributed by atoms with Crippen LogP contribution in [0.5, 0.6) is 0 Å². The van der Waals surface area contributed by atoms with Crippen LogP contribution in [0.3, 0.4) is 0 Å². The second-order valence-corrected chi connectivity index (χ2v) is 5.23. The molecule has 0 unspecified atom stereocenters. The lowest BCUT2D eigenvalue weighted by atomic mass is 10.3. The first-order valence-corrected chi connectivity index (χ1v) is 6.47. The van der Waals surface area contributed by atoms with Crippen molar-refractivity contribution in [3.8, 4) is 0 Å². The van der Waals surface area contributed by atoms with E-state index in [1.54, 1.807) is 12.1 Å². The first-order valence-electron chi connectivity index (χ1n) is 4.99. The maximum absolute atomic E-state index is 11.7. The van der Waals surface area contributed by atoms with Gasteiger partial charge >= 0.3 is 5.97 Å². The van der Waals surface area contributed by atoms with E-state index in [2.05, 4.69) is 4.72 Å². The molecule has 6 nitrogen and oxygen atoms in total. The zero-order valence-corrected chi connectivity index (χ0v) is 9.90. The van der Waals surface area contributed by atoms with Gasteiger partial charge in [0.2, 0.25) is 10.0 Å². The summed E-state index contributed by atoms with van der Waals surface area (Å²) in [4.78, 5) is 10.3. The Morgan fingerprint density at radius 2 is 2.12 bits per heavy atom. The maximum Gasteiger partial charge on any atom is 0.303 e. The van der Waals surface area contributed by atoms with Gasteiger partial charge in [0, 0.05) is 18.7 Å². The first-order chi connectivity index (χ1) is 7.92. The zero-order chi connectivity index (χ0) is 12.9. The minimum atomic E-state index is -3.60. The topological polar surface area (TPSA) is 109 Å². The lowest BCUT2D eigenvalue weighted by Crippen LogP contribution is -2.25. The molecule has 4 N–H and O–H groups in total. The normalized spacial score (nSPS) is 11.3. The largest absolute Gasteiger partial charge is 0.481 e. The Balaban J connectivity index is 2.60. The molecule has 0 saturated carbocycles. The summed E-state index contributed by atoms with van der Waals surface area (Å²) in [5.41, 5.74) is 5.84. The van der Waals surface area contributed by atoms with E-state index in [0.717, 1.165) is 0 Å². The highest BCUT2D eigenvalue weighted by molar-refractivity contribution is 7.89. The van der Waals surface area contributed by atoms with Gasteiger partial charge in [-0.2, -0.15) is 0 Å². The van der Waals surface area contributed by atoms with Crippen molar-refractivity contribution in [2.75, 3.05) is 12.3 Å². The summed E-state index contributed by atoms with van der Waals surface area (Å²) in [5, 5.41) is 8.40. The van der Waals surface area contributed by atoms with Crippen molar-refractivity contribution in [3.63, 3.8) is 0 Å². The summed E-state index contributed by atoms with van der Waals surface area (Å²) in [7, 11) is -3.60. The number of carboxylic acids is 1. The number of nitrogens with two attached hydrogens (primary N) is 1. The van der Waals surface area contributed by atoms with E-state index in [4.69, 9.17) is 10.8 Å². The molecule has 1 aromatic carbocycles. The van der Waals surface area contributed by atoms with Crippen LogP contribution in [-0.4, -0.2) is 26.0 Å². The predicted molar refractivity (Wildman–Crippen MR) is 62.9 cm³/mol. The predicted octanol–water partition coefficient (Wildman–Crippen LogP) is 0.412. The van der Waals surface area contributed by atoms with Crippen molar-refractivity contribution in [2.24, 2.45) is 0 Å². The monoisotopic (exact) mass is 258 g/mol. The van der Waals surface area contributed by atoms with E-state index in [-0.39, 0.29) is 24.3 Å². The molecule has 0 aromatic heterocycles. The number of nitrogen functional groups attached to an aromatic ring is 1. The smallest absolute Gasteiger partial charge is 0.303 e. The molecule has 7 heteroatoms. The first kappa shape index (κ1) is 13.5. The summed E-state index contributed by atoms with van der Waals surface area (Å²) in [6, 6.07) is 5.90. The van der Waals surface area contributed by atoms with Gasteiger partial charge in [0.15, 0.2) is 0 Å². The quantitative estimate of drug-likeness (QED) is 0.506. The van der Waals surface area contributed by atoms with Crippen molar-refractivity contribution >= 4 is 21.7 Å². The van der Waals surface area contributed by atoms with Crippen LogP contribution in [0.15, 0.2) is 29.2 Å². The Morgan fingerprint density at radius 1 is 1.41 bits per heavy atom. The second kappa shape index (κ2) is 5.65. The number of benzene rings is 1. The van der Waals surface area contributed by atoms with Crippen LogP contribution in [0.2, 0.25) is 0 Å². The van der Waals surface area contributed by atoms with Gasteiger partial charge in [-0.3, -0.25) is 4.79 Å². The van der Waals surface area contributed by atoms with Crippen LogP contribution in [0, 0.1) is 0 Å². The fraction of sp³-hybridized carbons (Fsp3) is 0.300. The summed E-state index contributed by atoms with van der Waals surface area (Å²) in [6.07, 6.45) is 0.177. The molecule has 17 heavy (non-hydrogen) atoms. The van der Waals surface area contributed by atoms with Gasteiger partial charge in [-0.05, 0) is 24.6 Å². The molecule has 0 spiro atoms. The van der Waals surface area contributed by atoms with Gasteiger partial charge in [0.25, 0.3) is 0 Å². The molecule has 0 aliphatic heterocycles. The van der Waals surface area contributed by atoms with Gasteiger partial charge in [-0.15, -0.1) is 0 Å². The van der Waals surface area contributed by atoms with Gasteiger partial charge in [0.1, 0.15) is 0 Å². The third kappa shape index (κ3) is 4.41. The molecule has 0 atom stereocenters. The SMILES string of the molecule is Nc1cccc(S(=O)(=O)NCCCC(=O)O)c1. The van der Waals surface area contributed by atoms with Crippen molar-refractivity contribution in [1.82, 2.24) is 4.72 Å². The average Bonchev–Trinajstić information content (AvgIpc) is 2.24. The van der Waals surface area contributed by atoms with Crippen molar-refractivity contribution in [3.05, 3.63) is 24.3 Å². The van der Waals surface area contributed by atoms with Crippen LogP contribution in [0.4, 0.5) is 5.69 Å². The van der Waals surface area contributed by atoms with E-state index in [1.165, 1.54) is 12.1 Å². The number of rotatable bonds is 6. The molecular formula is C10H14N2O4S. The standard InChI is InChI=1S/C10H14N2O4S/c11-8-3-1-4-9(7-8)17(15,16)12-6-2-5-10(13)14/h1,3-4,7,12H,2,5-6,11H2,(H,13,14). The zero-order valence-electron chi connectivity index (χ0n) is 9.09. The molecule has 0 amide bonds. The molecule has 0 bridgehead atoms. The molecule has 0 radical (unpaired) electrons. The summed E-state index contributed by atoms with van der Waals surface area (Å²) >= 11 is 0. The highest BCUT2D eigenvalue weighted by Crippen LogP contribution is 2.12. The lowest BCUT2D eigenvalue weighted by Gasteiger charge is -2.06. The number of sulfonamides is 1. The molecule has 1 rings (SSSR count). The molecule has 0 aliphatic rings. The summed E-state index contributed by atoms with van der Waals surface area (Å²) in [6.45, 7) is 0.0867. The van der Waals surface area contributed by atoms with Crippen LogP contribution < -0.4 is 10.5 Å². The molecule has 94 valence electrons. The minimum absolute atomic E-state index is 0.0700. The number of aliphatic carboxylic acids is 1. The Morgan fingerprint density at radius 3 is 2.71 bits per heavy atom. The highest BCUT2D eigenvalue weighted by Gasteiger charge is 2.13. The number of nitrogens with one attached hydrogen (secondary N) is 1. The summed E-state index contributed by atoms with van der Waals surface area (Å²) in [5.74, 6) is -0.951. The van der Waals surface area contributed by atoms with Gasteiger partial charge in [-0.1, -0.05) is 6.07 Å². The third-order valence-electron chi connectivity index (χ3n) is 2.03. The van der Waals surface area contributed by atoms with E-state index in [9.17, 15) is 13.2 Å². The summed E-state index contributed by atoms with van der Waals surface area (Å²) < 4.78 is 25.7. The number of anilines is 1. The second-order valence-electron chi connectivity index (χ2n) is 3.47. The minimum Gasteiger partial charge on any atom is -0.481 e. The van der Waals surface area contributed by atoms with Gasteiger partial charge in [0.05, 0.1) is 4.90 Å². The fourth-order valence-corrected chi connectivity index (χ4v) is 2.34. The Bertz CT molecular complexity index is 499.